The van der Waals surface area contributed by atoms with Gasteiger partial charge in [-0.25, -0.2) is 4.39 Å². The molecule has 1 aliphatic rings. The minimum Gasteiger partial charge on any atom is -0.507 e. The average molecular weight is 463 g/mol. The van der Waals surface area contributed by atoms with E-state index in [-0.39, 0.29) is 27.4 Å². The number of ketones is 1. The molecule has 164 valence electrons. The van der Waals surface area contributed by atoms with E-state index in [0.717, 1.165) is 4.90 Å². The Balaban J connectivity index is 1.98. The lowest BCUT2D eigenvalue weighted by Crippen LogP contribution is -2.29. The summed E-state index contributed by atoms with van der Waals surface area (Å²) < 4.78 is 20.1. The molecule has 1 saturated heterocycles. The average Bonchev–Trinajstić information content (AvgIpc) is 3.09. The fourth-order valence-electron chi connectivity index (χ4n) is 3.74. The van der Waals surface area contributed by atoms with Gasteiger partial charge < -0.3 is 9.84 Å². The number of Topliss-reactive ketones (excluding diaryl/α,β-unsaturated/α-hetero) is 1. The van der Waals surface area contributed by atoms with Crippen molar-refractivity contribution in [2.24, 2.45) is 0 Å². The highest BCUT2D eigenvalue weighted by atomic mass is 35.5. The van der Waals surface area contributed by atoms with Crippen LogP contribution in [-0.2, 0) is 9.59 Å². The van der Waals surface area contributed by atoms with Gasteiger partial charge in [-0.1, -0.05) is 29.8 Å². The second-order valence-corrected chi connectivity index (χ2v) is 7.60. The Hall–Kier alpha value is -4.15. The number of aliphatic hydroxyl groups excluding tert-OH is 1. The van der Waals surface area contributed by atoms with E-state index in [1.807, 2.05) is 6.07 Å². The van der Waals surface area contributed by atoms with Crippen LogP contribution < -0.4 is 9.64 Å². The number of nitrogens with zero attached hydrogens (tertiary/aromatic N) is 2. The number of hydrogen-bond acceptors (Lipinski definition) is 5. The molecule has 0 spiro atoms. The van der Waals surface area contributed by atoms with Crippen LogP contribution in [0.5, 0.6) is 5.75 Å². The third kappa shape index (κ3) is 3.81. The van der Waals surface area contributed by atoms with Crippen LogP contribution in [-0.4, -0.2) is 23.9 Å². The summed E-state index contributed by atoms with van der Waals surface area (Å²) in [5.74, 6) is -2.80. The van der Waals surface area contributed by atoms with Gasteiger partial charge in [0.15, 0.2) is 0 Å². The van der Waals surface area contributed by atoms with Crippen molar-refractivity contribution in [1.82, 2.24) is 0 Å². The topological polar surface area (TPSA) is 90.6 Å². The number of amides is 1. The van der Waals surface area contributed by atoms with Gasteiger partial charge in [0.1, 0.15) is 17.3 Å². The lowest BCUT2D eigenvalue weighted by atomic mass is 9.94. The lowest BCUT2D eigenvalue weighted by Gasteiger charge is -2.25. The number of ether oxygens (including phenoxy) is 1. The van der Waals surface area contributed by atoms with Crippen molar-refractivity contribution in [1.29, 1.82) is 5.26 Å². The molecule has 0 saturated carbocycles. The lowest BCUT2D eigenvalue weighted by molar-refractivity contribution is -0.132. The van der Waals surface area contributed by atoms with Crippen LogP contribution in [0.15, 0.2) is 72.3 Å². The fraction of sp³-hybridized carbons (Fsp3) is 0.0800. The van der Waals surface area contributed by atoms with Gasteiger partial charge in [0.25, 0.3) is 11.7 Å². The molecule has 4 rings (SSSR count). The third-order valence-electron chi connectivity index (χ3n) is 5.35. The molecule has 0 radical (unpaired) electrons. The smallest absolute Gasteiger partial charge is 0.300 e. The standard InChI is InChI=1S/C25H16ClFN2O4/c1-33-16-10-11-19(26)18(12-16)23(30)21-22(17-4-2-3-5-20(17)27)29(25(32)24(21)31)15-8-6-14(13-28)7-9-15/h2-12,22,30H,1H3/b23-21+. The summed E-state index contributed by atoms with van der Waals surface area (Å²) in [7, 11) is 1.43. The summed E-state index contributed by atoms with van der Waals surface area (Å²) in [4.78, 5) is 27.3. The van der Waals surface area contributed by atoms with Crippen molar-refractivity contribution in [3.63, 3.8) is 0 Å². The first kappa shape index (κ1) is 22.1. The van der Waals surface area contributed by atoms with Gasteiger partial charge in [-0.2, -0.15) is 5.26 Å². The highest BCUT2D eigenvalue weighted by molar-refractivity contribution is 6.52. The molecule has 1 heterocycles. The summed E-state index contributed by atoms with van der Waals surface area (Å²) in [6, 6.07) is 16.8. The van der Waals surface area contributed by atoms with Gasteiger partial charge in [-0.05, 0) is 48.5 Å². The van der Waals surface area contributed by atoms with Gasteiger partial charge in [0.05, 0.1) is 35.4 Å². The zero-order valence-corrected chi connectivity index (χ0v) is 18.0. The number of aliphatic hydroxyl groups is 1. The van der Waals surface area contributed by atoms with Gasteiger partial charge in [-0.15, -0.1) is 0 Å². The largest absolute Gasteiger partial charge is 0.507 e. The molecule has 1 N–H and O–H groups in total. The molecule has 6 nitrogen and oxygen atoms in total. The Morgan fingerprint density at radius 1 is 1.12 bits per heavy atom. The van der Waals surface area contributed by atoms with Crippen LogP contribution in [0.4, 0.5) is 10.1 Å². The van der Waals surface area contributed by atoms with Gasteiger partial charge in [-0.3, -0.25) is 14.5 Å². The molecule has 1 fully saturated rings. The summed E-state index contributed by atoms with van der Waals surface area (Å²) in [5.41, 5.74) is 0.377. The van der Waals surface area contributed by atoms with E-state index < -0.39 is 29.3 Å². The van der Waals surface area contributed by atoms with Gasteiger partial charge >= 0.3 is 0 Å². The predicted octanol–water partition coefficient (Wildman–Crippen LogP) is 4.99. The van der Waals surface area contributed by atoms with Crippen LogP contribution in [0.2, 0.25) is 5.02 Å². The maximum absolute atomic E-state index is 14.9. The Morgan fingerprint density at radius 3 is 2.45 bits per heavy atom. The molecule has 1 unspecified atom stereocenters. The van der Waals surface area contributed by atoms with Crippen LogP contribution >= 0.6 is 11.6 Å². The summed E-state index contributed by atoms with van der Waals surface area (Å²) in [6.45, 7) is 0. The van der Waals surface area contributed by atoms with Gasteiger partial charge in [0, 0.05) is 16.8 Å². The molecule has 1 amide bonds. The first-order valence-electron chi connectivity index (χ1n) is 9.77. The van der Waals surface area contributed by atoms with E-state index in [0.29, 0.717) is 11.3 Å². The molecule has 1 atom stereocenters. The molecular formula is C25H16ClFN2O4. The van der Waals surface area contributed by atoms with Crippen molar-refractivity contribution in [2.45, 2.75) is 6.04 Å². The Morgan fingerprint density at radius 2 is 1.82 bits per heavy atom. The summed E-state index contributed by atoms with van der Waals surface area (Å²) in [6.07, 6.45) is 0. The fourth-order valence-corrected chi connectivity index (χ4v) is 3.95. The molecule has 0 aliphatic carbocycles. The number of carbonyl (C=O) groups excluding carboxylic acids is 2. The van der Waals surface area contributed by atoms with Crippen molar-refractivity contribution >= 4 is 34.7 Å². The number of methoxy groups -OCH3 is 1. The minimum atomic E-state index is -1.26. The number of anilines is 1. The highest BCUT2D eigenvalue weighted by Gasteiger charge is 2.48. The van der Waals surface area contributed by atoms with Crippen molar-refractivity contribution in [3.05, 3.63) is 99.8 Å². The molecule has 8 heteroatoms. The number of hydrogen-bond donors (Lipinski definition) is 1. The number of rotatable bonds is 4. The normalized spacial score (nSPS) is 17.2. The van der Waals surface area contributed by atoms with E-state index in [1.165, 1.54) is 61.7 Å². The Labute approximate surface area is 193 Å². The highest BCUT2D eigenvalue weighted by Crippen LogP contribution is 2.44. The number of carbonyl (C=O) groups is 2. The van der Waals surface area contributed by atoms with Crippen LogP contribution in [0, 0.1) is 17.1 Å². The Bertz CT molecular complexity index is 1350. The van der Waals surface area contributed by atoms with E-state index in [1.54, 1.807) is 12.1 Å². The van der Waals surface area contributed by atoms with Crippen molar-refractivity contribution < 1.29 is 23.8 Å². The zero-order valence-electron chi connectivity index (χ0n) is 17.3. The van der Waals surface area contributed by atoms with Crippen molar-refractivity contribution in [3.8, 4) is 11.8 Å². The van der Waals surface area contributed by atoms with Gasteiger partial charge in [0.2, 0.25) is 0 Å². The van der Waals surface area contributed by atoms with E-state index in [4.69, 9.17) is 21.6 Å². The first-order valence-corrected chi connectivity index (χ1v) is 10.1. The van der Waals surface area contributed by atoms with E-state index >= 15 is 0 Å². The molecule has 0 aromatic heterocycles. The van der Waals surface area contributed by atoms with Crippen LogP contribution in [0.25, 0.3) is 5.76 Å². The second-order valence-electron chi connectivity index (χ2n) is 7.20. The third-order valence-corrected chi connectivity index (χ3v) is 5.68. The maximum atomic E-state index is 14.9. The molecule has 3 aromatic carbocycles. The first-order chi connectivity index (χ1) is 15.9. The number of nitriles is 1. The molecule has 1 aliphatic heterocycles. The zero-order chi connectivity index (χ0) is 23.7. The van der Waals surface area contributed by atoms with Crippen LogP contribution in [0.1, 0.15) is 22.7 Å². The minimum absolute atomic E-state index is 0.0154. The quantitative estimate of drug-likeness (QED) is 0.335. The molecule has 0 bridgehead atoms. The molecular weight excluding hydrogens is 447 g/mol. The summed E-state index contributed by atoms with van der Waals surface area (Å²) in [5, 5.41) is 20.3. The predicted molar refractivity (Wildman–Crippen MR) is 120 cm³/mol. The molecule has 3 aromatic rings. The number of benzene rings is 3. The summed E-state index contributed by atoms with van der Waals surface area (Å²) >= 11 is 6.26. The van der Waals surface area contributed by atoms with E-state index in [9.17, 15) is 19.1 Å². The van der Waals surface area contributed by atoms with Crippen LogP contribution in [0.3, 0.4) is 0 Å². The second kappa shape index (κ2) is 8.77. The Kier molecular flexibility index (Phi) is 5.86. The monoisotopic (exact) mass is 462 g/mol. The van der Waals surface area contributed by atoms with E-state index in [2.05, 4.69) is 0 Å². The number of halogens is 2. The molecule has 33 heavy (non-hydrogen) atoms. The maximum Gasteiger partial charge on any atom is 0.300 e. The van der Waals surface area contributed by atoms with Crippen molar-refractivity contribution in [2.75, 3.05) is 12.0 Å². The SMILES string of the molecule is COc1ccc(Cl)c(/C(O)=C2\C(=O)C(=O)N(c3ccc(C#N)cc3)C2c2ccccc2F)c1.